The van der Waals surface area contributed by atoms with Gasteiger partial charge in [0.25, 0.3) is 0 Å². The molecule has 0 aliphatic heterocycles. The van der Waals surface area contributed by atoms with Crippen LogP contribution in [0.15, 0.2) is 18.2 Å². The monoisotopic (exact) mass is 321 g/mol. The lowest BCUT2D eigenvalue weighted by Gasteiger charge is -2.11. The third-order valence-electron chi connectivity index (χ3n) is 3.04. The van der Waals surface area contributed by atoms with Crippen LogP contribution in [0.1, 0.15) is 40.3 Å². The molecule has 0 aliphatic rings. The van der Waals surface area contributed by atoms with Crippen molar-refractivity contribution in [2.45, 2.75) is 20.8 Å². The Kier molecular flexibility index (Phi) is 4.98. The molecule has 0 unspecified atom stereocenters. The fourth-order valence-corrected chi connectivity index (χ4v) is 2.42. The van der Waals surface area contributed by atoms with Crippen LogP contribution in [0.5, 0.6) is 0 Å². The zero-order valence-electron chi connectivity index (χ0n) is 12.6. The molecule has 0 spiro atoms. The highest BCUT2D eigenvalue weighted by Gasteiger charge is 2.22. The van der Waals surface area contributed by atoms with Crippen LogP contribution in [-0.2, 0) is 9.47 Å². The molecule has 0 atom stereocenters. The normalized spacial score (nSPS) is 10.5. The first-order chi connectivity index (χ1) is 10.5. The Morgan fingerprint density at radius 1 is 1.09 bits per heavy atom. The molecule has 0 N–H and O–H groups in total. The van der Waals surface area contributed by atoms with Gasteiger partial charge in [-0.2, -0.15) is 0 Å². The average molecular weight is 322 g/mol. The quantitative estimate of drug-likeness (QED) is 0.806. The van der Waals surface area contributed by atoms with Crippen LogP contribution in [0.2, 0.25) is 5.02 Å². The standard InChI is InChI=1S/C16H16ClNO4/c1-4-21-15(19)12-8-10-7-11(17)6-9(3)13(10)18-14(12)16(20)22-5-2/h6-8H,4-5H2,1-3H3. The number of esters is 2. The predicted octanol–water partition coefficient (Wildman–Crippen LogP) is 3.55. The number of fused-ring (bicyclic) bond motifs is 1. The smallest absolute Gasteiger partial charge is 0.357 e. The number of benzene rings is 1. The van der Waals surface area contributed by atoms with Gasteiger partial charge in [-0.1, -0.05) is 11.6 Å². The first kappa shape index (κ1) is 16.2. The van der Waals surface area contributed by atoms with E-state index in [1.807, 2.05) is 6.92 Å². The van der Waals surface area contributed by atoms with Crippen molar-refractivity contribution in [1.82, 2.24) is 4.98 Å². The lowest BCUT2D eigenvalue weighted by Crippen LogP contribution is -2.16. The molecule has 1 aromatic carbocycles. The Balaban J connectivity index is 2.70. The van der Waals surface area contributed by atoms with Crippen LogP contribution in [0.25, 0.3) is 10.9 Å². The number of hydrogen-bond acceptors (Lipinski definition) is 5. The predicted molar refractivity (Wildman–Crippen MR) is 83.4 cm³/mol. The molecule has 6 heteroatoms. The minimum atomic E-state index is -0.651. The zero-order chi connectivity index (χ0) is 16.3. The van der Waals surface area contributed by atoms with Crippen molar-refractivity contribution in [3.05, 3.63) is 40.0 Å². The van der Waals surface area contributed by atoms with Crippen molar-refractivity contribution in [2.75, 3.05) is 13.2 Å². The molecule has 2 aromatic rings. The maximum atomic E-state index is 12.1. The molecule has 0 bridgehead atoms. The minimum absolute atomic E-state index is 0.0433. The minimum Gasteiger partial charge on any atom is -0.462 e. The Morgan fingerprint density at radius 3 is 2.36 bits per heavy atom. The summed E-state index contributed by atoms with van der Waals surface area (Å²) in [4.78, 5) is 28.5. The maximum Gasteiger partial charge on any atom is 0.357 e. The van der Waals surface area contributed by atoms with Gasteiger partial charge in [0.2, 0.25) is 0 Å². The first-order valence-electron chi connectivity index (χ1n) is 6.93. The van der Waals surface area contributed by atoms with Crippen LogP contribution in [0.4, 0.5) is 0 Å². The van der Waals surface area contributed by atoms with E-state index in [4.69, 9.17) is 21.1 Å². The van der Waals surface area contributed by atoms with Crippen LogP contribution in [0, 0.1) is 6.92 Å². The number of aryl methyl sites for hydroxylation is 1. The van der Waals surface area contributed by atoms with Gasteiger partial charge in [-0.25, -0.2) is 14.6 Å². The molecule has 0 saturated carbocycles. The van der Waals surface area contributed by atoms with Crippen molar-refractivity contribution in [3.8, 4) is 0 Å². The second-order valence-corrected chi connectivity index (χ2v) is 5.06. The van der Waals surface area contributed by atoms with E-state index in [1.165, 1.54) is 0 Å². The summed E-state index contributed by atoms with van der Waals surface area (Å²) in [5.41, 5.74) is 1.44. The van der Waals surface area contributed by atoms with Gasteiger partial charge in [0.05, 0.1) is 24.3 Å². The maximum absolute atomic E-state index is 12.1. The van der Waals surface area contributed by atoms with Crippen molar-refractivity contribution in [1.29, 1.82) is 0 Å². The summed E-state index contributed by atoms with van der Waals surface area (Å²) >= 11 is 6.03. The van der Waals surface area contributed by atoms with E-state index in [0.717, 1.165) is 5.56 Å². The average Bonchev–Trinajstić information content (AvgIpc) is 2.46. The van der Waals surface area contributed by atoms with Gasteiger partial charge in [0.15, 0.2) is 5.69 Å². The summed E-state index contributed by atoms with van der Waals surface area (Å²) in [6.45, 7) is 5.61. The lowest BCUT2D eigenvalue weighted by molar-refractivity contribution is 0.0474. The molecular weight excluding hydrogens is 306 g/mol. The van der Waals surface area contributed by atoms with E-state index in [0.29, 0.717) is 15.9 Å². The van der Waals surface area contributed by atoms with Gasteiger partial charge in [0, 0.05) is 10.4 Å². The second-order valence-electron chi connectivity index (χ2n) is 4.62. The highest BCUT2D eigenvalue weighted by Crippen LogP contribution is 2.25. The third kappa shape index (κ3) is 3.20. The van der Waals surface area contributed by atoms with Gasteiger partial charge in [-0.15, -0.1) is 0 Å². The van der Waals surface area contributed by atoms with Crippen LogP contribution < -0.4 is 0 Å². The van der Waals surface area contributed by atoms with E-state index < -0.39 is 11.9 Å². The van der Waals surface area contributed by atoms with Crippen molar-refractivity contribution in [2.24, 2.45) is 0 Å². The van der Waals surface area contributed by atoms with Crippen LogP contribution in [-0.4, -0.2) is 30.1 Å². The number of aromatic nitrogens is 1. The number of rotatable bonds is 4. The topological polar surface area (TPSA) is 65.5 Å². The summed E-state index contributed by atoms with van der Waals surface area (Å²) in [5.74, 6) is -1.26. The van der Waals surface area contributed by atoms with Crippen molar-refractivity contribution in [3.63, 3.8) is 0 Å². The van der Waals surface area contributed by atoms with Crippen molar-refractivity contribution < 1.29 is 19.1 Å². The molecule has 2 rings (SSSR count). The molecule has 1 aromatic heterocycles. The summed E-state index contributed by atoms with van der Waals surface area (Å²) < 4.78 is 9.96. The number of nitrogens with zero attached hydrogens (tertiary/aromatic N) is 1. The van der Waals surface area contributed by atoms with E-state index in [-0.39, 0.29) is 24.5 Å². The Labute approximate surface area is 133 Å². The van der Waals surface area contributed by atoms with E-state index in [2.05, 4.69) is 4.98 Å². The molecular formula is C16H16ClNO4. The third-order valence-corrected chi connectivity index (χ3v) is 3.26. The second kappa shape index (κ2) is 6.75. The Morgan fingerprint density at radius 2 is 1.73 bits per heavy atom. The van der Waals surface area contributed by atoms with E-state index in [9.17, 15) is 9.59 Å². The number of pyridine rings is 1. The first-order valence-corrected chi connectivity index (χ1v) is 7.30. The van der Waals surface area contributed by atoms with Gasteiger partial charge >= 0.3 is 11.9 Å². The number of carbonyl (C=O) groups is 2. The number of hydrogen-bond donors (Lipinski definition) is 0. The number of ether oxygens (including phenoxy) is 2. The van der Waals surface area contributed by atoms with Crippen molar-refractivity contribution >= 4 is 34.4 Å². The molecule has 5 nitrogen and oxygen atoms in total. The summed E-state index contributed by atoms with van der Waals surface area (Å²) in [6, 6.07) is 5.00. The summed E-state index contributed by atoms with van der Waals surface area (Å²) in [6.07, 6.45) is 0. The zero-order valence-corrected chi connectivity index (χ0v) is 13.4. The molecule has 22 heavy (non-hydrogen) atoms. The molecule has 1 heterocycles. The fourth-order valence-electron chi connectivity index (χ4n) is 2.14. The summed E-state index contributed by atoms with van der Waals surface area (Å²) in [7, 11) is 0. The van der Waals surface area contributed by atoms with Gasteiger partial charge in [-0.05, 0) is 44.5 Å². The molecule has 116 valence electrons. The molecule has 0 saturated heterocycles. The molecule has 0 fully saturated rings. The highest BCUT2D eigenvalue weighted by atomic mass is 35.5. The van der Waals surface area contributed by atoms with Crippen LogP contribution in [0.3, 0.4) is 0 Å². The summed E-state index contributed by atoms with van der Waals surface area (Å²) in [5, 5.41) is 1.20. The Bertz CT molecular complexity index is 742. The van der Waals surface area contributed by atoms with E-state index in [1.54, 1.807) is 32.0 Å². The molecule has 0 radical (unpaired) electrons. The van der Waals surface area contributed by atoms with Crippen LogP contribution >= 0.6 is 11.6 Å². The largest absolute Gasteiger partial charge is 0.462 e. The SMILES string of the molecule is CCOC(=O)c1cc2cc(Cl)cc(C)c2nc1C(=O)OCC. The van der Waals surface area contributed by atoms with Gasteiger partial charge in [-0.3, -0.25) is 0 Å². The van der Waals surface area contributed by atoms with Gasteiger partial charge in [0.1, 0.15) is 0 Å². The number of carbonyl (C=O) groups excluding carboxylic acids is 2. The lowest BCUT2D eigenvalue weighted by atomic mass is 10.1. The van der Waals surface area contributed by atoms with Gasteiger partial charge < -0.3 is 9.47 Å². The van der Waals surface area contributed by atoms with E-state index >= 15 is 0 Å². The molecule has 0 amide bonds. The molecule has 0 aliphatic carbocycles. The Hall–Kier alpha value is -2.14. The fraction of sp³-hybridized carbons (Fsp3) is 0.312. The highest BCUT2D eigenvalue weighted by molar-refractivity contribution is 6.31. The number of halogens is 1.